The van der Waals surface area contributed by atoms with Crippen LogP contribution in [0.1, 0.15) is 25.5 Å². The average molecular weight is 196 g/mol. The summed E-state index contributed by atoms with van der Waals surface area (Å²) in [5, 5.41) is 9.58. The number of aliphatic hydroxyl groups is 1. The second kappa shape index (κ2) is 4.93. The lowest BCUT2D eigenvalue weighted by Gasteiger charge is -2.16. The van der Waals surface area contributed by atoms with Gasteiger partial charge in [-0.1, -0.05) is 0 Å². The molecule has 0 amide bonds. The lowest BCUT2D eigenvalue weighted by molar-refractivity contribution is 0.172. The average Bonchev–Trinajstić information content (AvgIpc) is 2.16. The summed E-state index contributed by atoms with van der Waals surface area (Å²) < 4.78 is 5.51. The third kappa shape index (κ3) is 2.68. The number of hydrogen-bond donors (Lipinski definition) is 2. The van der Waals surface area contributed by atoms with E-state index in [2.05, 4.69) is 4.98 Å². The van der Waals surface area contributed by atoms with Crippen molar-refractivity contribution in [3.63, 3.8) is 0 Å². The van der Waals surface area contributed by atoms with E-state index in [-0.39, 0.29) is 12.6 Å². The summed E-state index contributed by atoms with van der Waals surface area (Å²) in [6.07, 6.45) is 2.57. The first-order valence-electron chi connectivity index (χ1n) is 4.63. The largest absolute Gasteiger partial charge is 0.491 e. The Morgan fingerprint density at radius 2 is 2.29 bits per heavy atom. The molecule has 4 heteroatoms. The van der Waals surface area contributed by atoms with Crippen LogP contribution in [-0.4, -0.2) is 22.7 Å². The summed E-state index contributed by atoms with van der Waals surface area (Å²) in [6, 6.07) is 1.73. The molecule has 0 bridgehead atoms. The molecule has 0 aliphatic rings. The summed E-state index contributed by atoms with van der Waals surface area (Å²) in [5.41, 5.74) is 6.01. The van der Waals surface area contributed by atoms with E-state index in [9.17, 15) is 5.11 Å². The van der Waals surface area contributed by atoms with Gasteiger partial charge in [-0.15, -0.1) is 0 Å². The molecule has 1 unspecified atom stereocenters. The van der Waals surface area contributed by atoms with E-state index in [0.717, 1.165) is 0 Å². The summed E-state index contributed by atoms with van der Waals surface area (Å²) in [6.45, 7) is 4.03. The summed E-state index contributed by atoms with van der Waals surface area (Å²) in [4.78, 5) is 3.93. The van der Waals surface area contributed by atoms with Gasteiger partial charge in [0.2, 0.25) is 0 Å². The molecular formula is C10H16N2O2. The Bertz CT molecular complexity index is 289. The van der Waals surface area contributed by atoms with Gasteiger partial charge in [-0.3, -0.25) is 4.98 Å². The Morgan fingerprint density at radius 1 is 1.57 bits per heavy atom. The van der Waals surface area contributed by atoms with Crippen molar-refractivity contribution in [1.29, 1.82) is 0 Å². The second-order valence-corrected chi connectivity index (χ2v) is 3.33. The zero-order chi connectivity index (χ0) is 10.6. The van der Waals surface area contributed by atoms with Crippen LogP contribution in [0.15, 0.2) is 18.5 Å². The number of aromatic nitrogens is 1. The molecule has 3 N–H and O–H groups in total. The minimum Gasteiger partial charge on any atom is -0.491 e. The highest BCUT2D eigenvalue weighted by atomic mass is 16.5. The predicted molar refractivity (Wildman–Crippen MR) is 54.0 cm³/mol. The van der Waals surface area contributed by atoms with Crippen molar-refractivity contribution in [3.05, 3.63) is 24.0 Å². The standard InChI is InChI=1S/C10H16N2O2/c1-7(2)14-10-3-4-12-6-8(10)9(13)5-11/h3-4,6-7,9,13H,5,11H2,1-2H3. The van der Waals surface area contributed by atoms with Crippen LogP contribution in [0.5, 0.6) is 5.75 Å². The topological polar surface area (TPSA) is 68.4 Å². The molecule has 0 aliphatic heterocycles. The molecule has 0 saturated heterocycles. The summed E-state index contributed by atoms with van der Waals surface area (Å²) in [5.74, 6) is 0.646. The molecule has 0 aliphatic carbocycles. The number of nitrogens with zero attached hydrogens (tertiary/aromatic N) is 1. The zero-order valence-corrected chi connectivity index (χ0v) is 8.47. The van der Waals surface area contributed by atoms with Crippen LogP contribution in [0.25, 0.3) is 0 Å². The molecule has 4 nitrogen and oxygen atoms in total. The lowest BCUT2D eigenvalue weighted by Crippen LogP contribution is -2.15. The molecule has 0 fully saturated rings. The summed E-state index contributed by atoms with van der Waals surface area (Å²) >= 11 is 0. The third-order valence-electron chi connectivity index (χ3n) is 1.76. The van der Waals surface area contributed by atoms with Crippen LogP contribution < -0.4 is 10.5 Å². The SMILES string of the molecule is CC(C)Oc1ccncc1C(O)CN. The van der Waals surface area contributed by atoms with Gasteiger partial charge in [0.05, 0.1) is 12.2 Å². The van der Waals surface area contributed by atoms with Crippen LogP contribution in [0, 0.1) is 0 Å². The van der Waals surface area contributed by atoms with Crippen molar-refractivity contribution in [3.8, 4) is 5.75 Å². The molecule has 0 spiro atoms. The van der Waals surface area contributed by atoms with Crippen molar-refractivity contribution < 1.29 is 9.84 Å². The van der Waals surface area contributed by atoms with Crippen molar-refractivity contribution in [1.82, 2.24) is 4.98 Å². The van der Waals surface area contributed by atoms with E-state index in [4.69, 9.17) is 10.5 Å². The molecule has 0 saturated carbocycles. The van der Waals surface area contributed by atoms with E-state index in [0.29, 0.717) is 11.3 Å². The van der Waals surface area contributed by atoms with E-state index < -0.39 is 6.10 Å². The minimum absolute atomic E-state index is 0.0705. The van der Waals surface area contributed by atoms with Crippen LogP contribution in [-0.2, 0) is 0 Å². The maximum atomic E-state index is 9.58. The van der Waals surface area contributed by atoms with Gasteiger partial charge in [-0.05, 0) is 19.9 Å². The van der Waals surface area contributed by atoms with E-state index in [1.807, 2.05) is 13.8 Å². The lowest BCUT2D eigenvalue weighted by atomic mass is 10.1. The van der Waals surface area contributed by atoms with Crippen LogP contribution in [0.3, 0.4) is 0 Å². The normalized spacial score (nSPS) is 12.9. The van der Waals surface area contributed by atoms with Gasteiger partial charge in [0.1, 0.15) is 5.75 Å². The zero-order valence-electron chi connectivity index (χ0n) is 8.47. The van der Waals surface area contributed by atoms with Gasteiger partial charge in [-0.2, -0.15) is 0 Å². The second-order valence-electron chi connectivity index (χ2n) is 3.33. The van der Waals surface area contributed by atoms with Gasteiger partial charge in [0.25, 0.3) is 0 Å². The number of ether oxygens (including phenoxy) is 1. The molecular weight excluding hydrogens is 180 g/mol. The highest BCUT2D eigenvalue weighted by Crippen LogP contribution is 2.23. The molecule has 1 heterocycles. The van der Waals surface area contributed by atoms with E-state index >= 15 is 0 Å². The number of aliphatic hydroxyl groups excluding tert-OH is 1. The fraction of sp³-hybridized carbons (Fsp3) is 0.500. The van der Waals surface area contributed by atoms with E-state index in [1.165, 1.54) is 0 Å². The Labute approximate surface area is 83.7 Å². The monoisotopic (exact) mass is 196 g/mol. The minimum atomic E-state index is -0.711. The van der Waals surface area contributed by atoms with Gasteiger partial charge >= 0.3 is 0 Å². The molecule has 1 aromatic rings. The van der Waals surface area contributed by atoms with Gasteiger partial charge in [-0.25, -0.2) is 0 Å². The number of rotatable bonds is 4. The van der Waals surface area contributed by atoms with Crippen molar-refractivity contribution in [2.75, 3.05) is 6.54 Å². The van der Waals surface area contributed by atoms with Crippen molar-refractivity contribution in [2.45, 2.75) is 26.1 Å². The first-order chi connectivity index (χ1) is 6.65. The van der Waals surface area contributed by atoms with Crippen LogP contribution in [0.2, 0.25) is 0 Å². The summed E-state index contributed by atoms with van der Waals surface area (Å²) in [7, 11) is 0. The maximum Gasteiger partial charge on any atom is 0.128 e. The molecule has 0 radical (unpaired) electrons. The number of nitrogens with two attached hydrogens (primary N) is 1. The molecule has 1 rings (SSSR count). The van der Waals surface area contributed by atoms with Crippen LogP contribution in [0.4, 0.5) is 0 Å². The van der Waals surface area contributed by atoms with Crippen LogP contribution >= 0.6 is 0 Å². The fourth-order valence-corrected chi connectivity index (χ4v) is 1.13. The first kappa shape index (κ1) is 10.9. The molecule has 1 atom stereocenters. The Morgan fingerprint density at radius 3 is 2.86 bits per heavy atom. The highest BCUT2D eigenvalue weighted by molar-refractivity contribution is 5.32. The number of hydrogen-bond acceptors (Lipinski definition) is 4. The Kier molecular flexibility index (Phi) is 3.85. The number of pyridine rings is 1. The van der Waals surface area contributed by atoms with Gasteiger partial charge < -0.3 is 15.6 Å². The smallest absolute Gasteiger partial charge is 0.128 e. The molecule has 78 valence electrons. The first-order valence-corrected chi connectivity index (χ1v) is 4.63. The Balaban J connectivity index is 2.91. The fourth-order valence-electron chi connectivity index (χ4n) is 1.13. The maximum absolute atomic E-state index is 9.58. The van der Waals surface area contributed by atoms with Crippen molar-refractivity contribution in [2.24, 2.45) is 5.73 Å². The molecule has 14 heavy (non-hydrogen) atoms. The van der Waals surface area contributed by atoms with E-state index in [1.54, 1.807) is 18.5 Å². The predicted octanol–water partition coefficient (Wildman–Crippen LogP) is 0.861. The van der Waals surface area contributed by atoms with Gasteiger partial charge in [0, 0.05) is 24.5 Å². The quantitative estimate of drug-likeness (QED) is 0.749. The van der Waals surface area contributed by atoms with Crippen molar-refractivity contribution >= 4 is 0 Å². The third-order valence-corrected chi connectivity index (χ3v) is 1.76. The Hall–Kier alpha value is -1.13. The molecule has 1 aromatic heterocycles. The highest BCUT2D eigenvalue weighted by Gasteiger charge is 2.12. The van der Waals surface area contributed by atoms with Gasteiger partial charge in [0.15, 0.2) is 0 Å². The molecule has 0 aromatic carbocycles.